The molecule has 15 heavy (non-hydrogen) atoms. The lowest BCUT2D eigenvalue weighted by molar-refractivity contribution is 0.103. The molecule has 0 bridgehead atoms. The van der Waals surface area contributed by atoms with E-state index in [-0.39, 0.29) is 0 Å². The molecule has 1 amide bonds. The summed E-state index contributed by atoms with van der Waals surface area (Å²) in [5.74, 6) is 0. The van der Waals surface area contributed by atoms with Gasteiger partial charge in [0.15, 0.2) is 0 Å². The van der Waals surface area contributed by atoms with E-state index >= 15 is 0 Å². The van der Waals surface area contributed by atoms with Crippen molar-refractivity contribution < 1.29 is 14.7 Å². The highest BCUT2D eigenvalue weighted by Gasteiger charge is 2.17. The highest BCUT2D eigenvalue weighted by molar-refractivity contribution is 9.08. The van der Waals surface area contributed by atoms with E-state index < -0.39 is 6.09 Å². The van der Waals surface area contributed by atoms with E-state index in [1.54, 1.807) is 19.1 Å². The van der Waals surface area contributed by atoms with Crippen molar-refractivity contribution in [1.29, 1.82) is 0 Å². The second-order valence-electron chi connectivity index (χ2n) is 2.76. The van der Waals surface area contributed by atoms with Crippen LogP contribution >= 0.6 is 15.9 Å². The molecule has 82 valence electrons. The minimum absolute atomic E-state index is 0.308. The zero-order valence-electron chi connectivity index (χ0n) is 8.31. The maximum absolute atomic E-state index is 10.9. The second kappa shape index (κ2) is 5.72. The van der Waals surface area contributed by atoms with Gasteiger partial charge in [-0.05, 0) is 18.6 Å². The second-order valence-corrected chi connectivity index (χ2v) is 3.32. The normalized spacial score (nSPS) is 10.0. The van der Waals surface area contributed by atoms with Crippen molar-refractivity contribution in [3.8, 4) is 0 Å². The van der Waals surface area contributed by atoms with Crippen LogP contribution in [0.3, 0.4) is 0 Å². The van der Waals surface area contributed by atoms with Gasteiger partial charge in [-0.1, -0.05) is 34.1 Å². The average Bonchev–Trinajstić information content (AvgIpc) is 2.25. The van der Waals surface area contributed by atoms with Gasteiger partial charge in [0.2, 0.25) is 0 Å². The lowest BCUT2D eigenvalue weighted by Crippen LogP contribution is -2.30. The number of amides is 1. The number of anilines is 1. The third kappa shape index (κ3) is 2.94. The van der Waals surface area contributed by atoms with Gasteiger partial charge in [0, 0.05) is 5.33 Å². The van der Waals surface area contributed by atoms with E-state index in [0.29, 0.717) is 17.6 Å². The minimum Gasteiger partial charge on any atom is -0.463 e. The monoisotopic (exact) mass is 273 g/mol. The first-order valence-corrected chi connectivity index (χ1v) is 5.62. The smallest absolute Gasteiger partial charge is 0.436 e. The summed E-state index contributed by atoms with van der Waals surface area (Å²) in [5.41, 5.74) is 1.41. The summed E-state index contributed by atoms with van der Waals surface area (Å²) in [6.07, 6.45) is -1.12. The first-order valence-electron chi connectivity index (χ1n) is 4.50. The lowest BCUT2D eigenvalue weighted by atomic mass is 10.2. The number of nitrogens with zero attached hydrogens (tertiary/aromatic N) is 1. The number of rotatable bonds is 4. The molecule has 0 saturated heterocycles. The molecule has 1 rings (SSSR count). The number of halogens is 1. The summed E-state index contributed by atoms with van der Waals surface area (Å²) in [5, 5.41) is 10.4. The van der Waals surface area contributed by atoms with E-state index in [2.05, 4.69) is 15.9 Å². The van der Waals surface area contributed by atoms with Crippen LogP contribution in [-0.2, 0) is 10.2 Å². The van der Waals surface area contributed by atoms with E-state index in [0.717, 1.165) is 10.6 Å². The van der Waals surface area contributed by atoms with E-state index in [1.165, 1.54) is 0 Å². The summed E-state index contributed by atoms with van der Waals surface area (Å²) in [7, 11) is 0. The van der Waals surface area contributed by atoms with Crippen molar-refractivity contribution in [2.24, 2.45) is 0 Å². The van der Waals surface area contributed by atoms with E-state index in [9.17, 15) is 4.79 Å². The molecule has 0 aliphatic rings. The van der Waals surface area contributed by atoms with Gasteiger partial charge in [0.25, 0.3) is 0 Å². The fraction of sp³-hybridized carbons (Fsp3) is 0.300. The number of hydrogen-bond acceptors (Lipinski definition) is 2. The molecule has 0 aromatic heterocycles. The molecule has 0 aliphatic heterocycles. The Morgan fingerprint density at radius 2 is 2.20 bits per heavy atom. The van der Waals surface area contributed by atoms with Crippen molar-refractivity contribution in [3.63, 3.8) is 0 Å². The first kappa shape index (κ1) is 12.0. The molecular formula is C10H12BrNO3. The largest absolute Gasteiger partial charge is 0.463 e. The zero-order chi connectivity index (χ0) is 11.3. The highest BCUT2D eigenvalue weighted by Crippen LogP contribution is 2.22. The highest BCUT2D eigenvalue weighted by atomic mass is 79.9. The first-order chi connectivity index (χ1) is 7.20. The van der Waals surface area contributed by atoms with Gasteiger partial charge in [-0.25, -0.2) is 4.79 Å². The van der Waals surface area contributed by atoms with Crippen LogP contribution in [0.2, 0.25) is 0 Å². The summed E-state index contributed by atoms with van der Waals surface area (Å²) in [4.78, 5) is 16.0. The third-order valence-corrected chi connectivity index (χ3v) is 2.39. The molecule has 0 atom stereocenters. The number of alkyl halides is 1. The van der Waals surface area contributed by atoms with Crippen molar-refractivity contribution in [2.75, 3.05) is 11.7 Å². The SMILES string of the molecule is CCON(C(=O)O)c1ccccc1CBr. The Morgan fingerprint density at radius 3 is 2.73 bits per heavy atom. The summed E-state index contributed by atoms with van der Waals surface area (Å²) in [6.45, 7) is 2.05. The maximum Gasteiger partial charge on any atom is 0.436 e. The molecule has 1 aromatic carbocycles. The van der Waals surface area contributed by atoms with Crippen LogP contribution in [0.1, 0.15) is 12.5 Å². The molecule has 4 nitrogen and oxygen atoms in total. The number of carboxylic acid groups (broad SMARTS) is 1. The topological polar surface area (TPSA) is 49.8 Å². The molecule has 0 fully saturated rings. The third-order valence-electron chi connectivity index (χ3n) is 1.79. The van der Waals surface area contributed by atoms with E-state index in [4.69, 9.17) is 9.94 Å². The fourth-order valence-corrected chi connectivity index (χ4v) is 1.65. The molecule has 0 unspecified atom stereocenters. The zero-order valence-corrected chi connectivity index (χ0v) is 9.90. The molecule has 0 heterocycles. The van der Waals surface area contributed by atoms with Crippen LogP contribution in [0.4, 0.5) is 10.5 Å². The Kier molecular flexibility index (Phi) is 4.58. The predicted molar refractivity (Wildman–Crippen MR) is 61.2 cm³/mol. The van der Waals surface area contributed by atoms with Gasteiger partial charge in [-0.2, -0.15) is 5.06 Å². The summed E-state index contributed by atoms with van der Waals surface area (Å²) >= 11 is 3.30. The Bertz CT molecular complexity index is 343. The molecule has 0 radical (unpaired) electrons. The molecular weight excluding hydrogens is 262 g/mol. The van der Waals surface area contributed by atoms with Gasteiger partial charge in [-0.15, -0.1) is 0 Å². The maximum atomic E-state index is 10.9. The molecule has 0 spiro atoms. The van der Waals surface area contributed by atoms with Gasteiger partial charge in [0.05, 0.1) is 12.3 Å². The Labute approximate surface area is 96.5 Å². The predicted octanol–water partition coefficient (Wildman–Crippen LogP) is 3.02. The van der Waals surface area contributed by atoms with Crippen LogP contribution in [0.5, 0.6) is 0 Å². The Morgan fingerprint density at radius 1 is 1.53 bits per heavy atom. The molecule has 0 aliphatic carbocycles. The summed E-state index contributed by atoms with van der Waals surface area (Å²) < 4.78 is 0. The van der Waals surface area contributed by atoms with Gasteiger partial charge in [0.1, 0.15) is 0 Å². The number of hydroxylamine groups is 1. The Balaban J connectivity index is 3.04. The van der Waals surface area contributed by atoms with Crippen LogP contribution in [0, 0.1) is 0 Å². The molecule has 1 aromatic rings. The minimum atomic E-state index is -1.12. The van der Waals surface area contributed by atoms with E-state index in [1.807, 2.05) is 12.1 Å². The fourth-order valence-electron chi connectivity index (χ4n) is 1.18. The van der Waals surface area contributed by atoms with Crippen molar-refractivity contribution >= 4 is 27.7 Å². The number of benzene rings is 1. The molecule has 0 saturated carbocycles. The van der Waals surface area contributed by atoms with Crippen LogP contribution in [0.25, 0.3) is 0 Å². The molecule has 5 heteroatoms. The quantitative estimate of drug-likeness (QED) is 0.678. The lowest BCUT2D eigenvalue weighted by Gasteiger charge is -2.19. The molecule has 1 N–H and O–H groups in total. The van der Waals surface area contributed by atoms with Gasteiger partial charge >= 0.3 is 6.09 Å². The number of hydrogen-bond donors (Lipinski definition) is 1. The number of carbonyl (C=O) groups is 1. The van der Waals surface area contributed by atoms with Crippen LogP contribution in [0.15, 0.2) is 24.3 Å². The van der Waals surface area contributed by atoms with Gasteiger partial charge in [-0.3, -0.25) is 4.84 Å². The van der Waals surface area contributed by atoms with Crippen LogP contribution in [-0.4, -0.2) is 17.8 Å². The van der Waals surface area contributed by atoms with Crippen molar-refractivity contribution in [2.45, 2.75) is 12.3 Å². The van der Waals surface area contributed by atoms with Gasteiger partial charge < -0.3 is 5.11 Å². The standard InChI is InChI=1S/C10H12BrNO3/c1-2-15-12(10(13)14)9-6-4-3-5-8(9)7-11/h3-6H,2,7H2,1H3,(H,13,14). The van der Waals surface area contributed by atoms with Crippen LogP contribution < -0.4 is 5.06 Å². The number of para-hydroxylation sites is 1. The average molecular weight is 274 g/mol. The van der Waals surface area contributed by atoms with Crippen molar-refractivity contribution in [1.82, 2.24) is 0 Å². The summed E-state index contributed by atoms with van der Waals surface area (Å²) in [6, 6.07) is 7.18. The van der Waals surface area contributed by atoms with Crippen molar-refractivity contribution in [3.05, 3.63) is 29.8 Å². The Hall–Kier alpha value is -1.07.